The van der Waals surface area contributed by atoms with Crippen LogP contribution in [0.3, 0.4) is 0 Å². The van der Waals surface area contributed by atoms with Gasteiger partial charge in [0.15, 0.2) is 0 Å². The number of nitrogens with one attached hydrogen (secondary N) is 1. The van der Waals surface area contributed by atoms with E-state index in [0.29, 0.717) is 35.8 Å². The number of carbonyl (C=O) groups excluding carboxylic acids is 1. The highest BCUT2D eigenvalue weighted by atomic mass is 16.5. The monoisotopic (exact) mass is 372 g/mol. The molecule has 0 unspecified atom stereocenters. The maximum atomic E-state index is 12.9. The highest BCUT2D eigenvalue weighted by Crippen LogP contribution is 2.38. The van der Waals surface area contributed by atoms with Crippen molar-refractivity contribution in [2.75, 3.05) is 21.3 Å². The van der Waals surface area contributed by atoms with Crippen LogP contribution >= 0.6 is 0 Å². The van der Waals surface area contributed by atoms with Gasteiger partial charge in [0.25, 0.3) is 5.91 Å². The Kier molecular flexibility index (Phi) is 5.81. The first-order valence-electron chi connectivity index (χ1n) is 8.76. The average Bonchev–Trinajstić information content (AvgIpc) is 2.69. The molecule has 1 aromatic heterocycles. The molecule has 0 bridgehead atoms. The molecule has 1 aliphatic rings. The first-order valence-corrected chi connectivity index (χ1v) is 8.76. The third-order valence-electron chi connectivity index (χ3n) is 4.89. The smallest absolute Gasteiger partial charge is 0.255 e. The summed E-state index contributed by atoms with van der Waals surface area (Å²) in [6.07, 6.45) is 2.64. The van der Waals surface area contributed by atoms with Gasteiger partial charge in [-0.3, -0.25) is 4.79 Å². The zero-order valence-electron chi connectivity index (χ0n) is 15.6. The zero-order valence-corrected chi connectivity index (χ0v) is 15.6. The first kappa shape index (κ1) is 19.0. The summed E-state index contributed by atoms with van der Waals surface area (Å²) in [4.78, 5) is 17.2. The molecule has 2 aromatic rings. The van der Waals surface area contributed by atoms with Gasteiger partial charge in [0.05, 0.1) is 39.0 Å². The van der Waals surface area contributed by atoms with Crippen molar-refractivity contribution >= 4 is 5.91 Å². The SMILES string of the molecule is COc1ccc(C(=O)N[C@@H](c2ccc(OC)nc2)C2CC(O)C2)c(OC)c1. The molecule has 3 rings (SSSR count). The van der Waals surface area contributed by atoms with Crippen LogP contribution in [0.4, 0.5) is 0 Å². The Morgan fingerprint density at radius 3 is 2.48 bits per heavy atom. The van der Waals surface area contributed by atoms with Crippen LogP contribution in [-0.4, -0.2) is 43.4 Å². The Hall–Kier alpha value is -2.80. The molecule has 2 N–H and O–H groups in total. The summed E-state index contributed by atoms with van der Waals surface area (Å²) in [6, 6.07) is 8.45. The van der Waals surface area contributed by atoms with Crippen LogP contribution in [0.5, 0.6) is 17.4 Å². The standard InChI is InChI=1S/C20H24N2O5/c1-25-15-5-6-16(17(10-15)26-2)20(24)22-19(13-8-14(23)9-13)12-4-7-18(27-3)21-11-12/h4-7,10-11,13-14,19,23H,8-9H2,1-3H3,(H,22,24)/t13?,14?,19-/m0/s1. The Morgan fingerprint density at radius 2 is 1.93 bits per heavy atom. The van der Waals surface area contributed by atoms with Gasteiger partial charge in [-0.25, -0.2) is 4.98 Å². The number of pyridine rings is 1. The molecule has 7 nitrogen and oxygen atoms in total. The van der Waals surface area contributed by atoms with Gasteiger partial charge in [-0.1, -0.05) is 6.07 Å². The van der Waals surface area contributed by atoms with E-state index in [0.717, 1.165) is 5.56 Å². The van der Waals surface area contributed by atoms with E-state index >= 15 is 0 Å². The van der Waals surface area contributed by atoms with Gasteiger partial charge in [-0.15, -0.1) is 0 Å². The van der Waals surface area contributed by atoms with Crippen LogP contribution in [0.1, 0.15) is 34.8 Å². The molecule has 27 heavy (non-hydrogen) atoms. The topological polar surface area (TPSA) is 89.9 Å². The molecule has 1 amide bonds. The molecule has 0 aliphatic heterocycles. The predicted octanol–water partition coefficient (Wildman–Crippen LogP) is 2.35. The number of hydrogen-bond donors (Lipinski definition) is 2. The van der Waals surface area contributed by atoms with Gasteiger partial charge in [0.2, 0.25) is 5.88 Å². The predicted molar refractivity (Wildman–Crippen MR) is 99.3 cm³/mol. The molecule has 0 radical (unpaired) electrons. The molecule has 1 fully saturated rings. The number of nitrogens with zero attached hydrogens (tertiary/aromatic N) is 1. The molecular formula is C20H24N2O5. The van der Waals surface area contributed by atoms with Gasteiger partial charge in [-0.05, 0) is 36.5 Å². The number of hydrogen-bond acceptors (Lipinski definition) is 6. The number of benzene rings is 1. The minimum absolute atomic E-state index is 0.142. The van der Waals surface area contributed by atoms with E-state index in [9.17, 15) is 9.90 Å². The molecule has 1 saturated carbocycles. The first-order chi connectivity index (χ1) is 13.0. The summed E-state index contributed by atoms with van der Waals surface area (Å²) >= 11 is 0. The number of ether oxygens (including phenoxy) is 3. The second kappa shape index (κ2) is 8.26. The number of aliphatic hydroxyl groups excluding tert-OH is 1. The minimum Gasteiger partial charge on any atom is -0.497 e. The van der Waals surface area contributed by atoms with E-state index in [-0.39, 0.29) is 24.0 Å². The van der Waals surface area contributed by atoms with Crippen molar-refractivity contribution in [1.82, 2.24) is 10.3 Å². The molecule has 0 saturated heterocycles. The molecular weight excluding hydrogens is 348 g/mol. The van der Waals surface area contributed by atoms with E-state index < -0.39 is 0 Å². The van der Waals surface area contributed by atoms with Crippen molar-refractivity contribution in [3.8, 4) is 17.4 Å². The number of amides is 1. The van der Waals surface area contributed by atoms with Crippen molar-refractivity contribution in [1.29, 1.82) is 0 Å². The summed E-state index contributed by atoms with van der Waals surface area (Å²) in [7, 11) is 4.63. The molecule has 7 heteroatoms. The molecule has 1 atom stereocenters. The van der Waals surface area contributed by atoms with Gasteiger partial charge < -0.3 is 24.6 Å². The number of rotatable bonds is 7. The van der Waals surface area contributed by atoms with Crippen molar-refractivity contribution in [3.63, 3.8) is 0 Å². The van der Waals surface area contributed by atoms with Crippen LogP contribution in [-0.2, 0) is 0 Å². The van der Waals surface area contributed by atoms with E-state index in [4.69, 9.17) is 14.2 Å². The number of carbonyl (C=O) groups is 1. The Balaban J connectivity index is 1.84. The maximum absolute atomic E-state index is 12.9. The summed E-state index contributed by atoms with van der Waals surface area (Å²) in [5.74, 6) is 1.45. The lowest BCUT2D eigenvalue weighted by Gasteiger charge is -2.38. The summed E-state index contributed by atoms with van der Waals surface area (Å²) in [5.41, 5.74) is 1.29. The van der Waals surface area contributed by atoms with E-state index in [1.807, 2.05) is 6.07 Å². The Labute approximate surface area is 158 Å². The quantitative estimate of drug-likeness (QED) is 0.775. The second-order valence-electron chi connectivity index (χ2n) is 6.54. The van der Waals surface area contributed by atoms with Gasteiger partial charge in [-0.2, -0.15) is 0 Å². The second-order valence-corrected chi connectivity index (χ2v) is 6.54. The number of aliphatic hydroxyl groups is 1. The Morgan fingerprint density at radius 1 is 1.15 bits per heavy atom. The normalized spacial score (nSPS) is 19.6. The fraction of sp³-hybridized carbons (Fsp3) is 0.400. The maximum Gasteiger partial charge on any atom is 0.255 e. The van der Waals surface area contributed by atoms with Crippen molar-refractivity contribution in [3.05, 3.63) is 47.7 Å². The Bertz CT molecular complexity index is 787. The van der Waals surface area contributed by atoms with E-state index in [2.05, 4.69) is 10.3 Å². The highest BCUT2D eigenvalue weighted by Gasteiger charge is 2.36. The fourth-order valence-electron chi connectivity index (χ4n) is 3.28. The summed E-state index contributed by atoms with van der Waals surface area (Å²) in [5, 5.41) is 12.8. The lowest BCUT2D eigenvalue weighted by atomic mass is 9.75. The molecule has 1 heterocycles. The van der Waals surface area contributed by atoms with Crippen molar-refractivity contribution in [2.24, 2.45) is 5.92 Å². The number of aromatic nitrogens is 1. The minimum atomic E-state index is -0.323. The van der Waals surface area contributed by atoms with Gasteiger partial charge >= 0.3 is 0 Å². The van der Waals surface area contributed by atoms with Crippen LogP contribution < -0.4 is 19.5 Å². The average molecular weight is 372 g/mol. The van der Waals surface area contributed by atoms with E-state index in [1.54, 1.807) is 44.7 Å². The molecule has 1 aliphatic carbocycles. The fourth-order valence-corrected chi connectivity index (χ4v) is 3.28. The number of methoxy groups -OCH3 is 3. The van der Waals surface area contributed by atoms with Crippen LogP contribution in [0, 0.1) is 5.92 Å². The molecule has 0 spiro atoms. The third kappa shape index (κ3) is 4.14. The highest BCUT2D eigenvalue weighted by molar-refractivity contribution is 5.97. The zero-order chi connectivity index (χ0) is 19.4. The largest absolute Gasteiger partial charge is 0.497 e. The lowest BCUT2D eigenvalue weighted by molar-refractivity contribution is 0.0234. The van der Waals surface area contributed by atoms with E-state index in [1.165, 1.54) is 7.11 Å². The van der Waals surface area contributed by atoms with Gasteiger partial charge in [0, 0.05) is 18.3 Å². The van der Waals surface area contributed by atoms with Gasteiger partial charge in [0.1, 0.15) is 11.5 Å². The lowest BCUT2D eigenvalue weighted by Crippen LogP contribution is -2.41. The van der Waals surface area contributed by atoms with Crippen LogP contribution in [0.15, 0.2) is 36.5 Å². The van der Waals surface area contributed by atoms with Crippen molar-refractivity contribution in [2.45, 2.75) is 25.0 Å². The summed E-state index contributed by atoms with van der Waals surface area (Å²) < 4.78 is 15.6. The summed E-state index contributed by atoms with van der Waals surface area (Å²) in [6.45, 7) is 0. The van der Waals surface area contributed by atoms with Crippen LogP contribution in [0.25, 0.3) is 0 Å². The molecule has 1 aromatic carbocycles. The third-order valence-corrected chi connectivity index (χ3v) is 4.89. The van der Waals surface area contributed by atoms with Crippen molar-refractivity contribution < 1.29 is 24.1 Å². The molecule has 144 valence electrons. The van der Waals surface area contributed by atoms with Crippen LogP contribution in [0.2, 0.25) is 0 Å².